The number of nitrogens with one attached hydrogen (secondary N) is 1. The summed E-state index contributed by atoms with van der Waals surface area (Å²) >= 11 is 0. The van der Waals surface area contributed by atoms with Gasteiger partial charge in [-0.05, 0) is 18.1 Å². The minimum absolute atomic E-state index is 0.108. The van der Waals surface area contributed by atoms with E-state index in [-0.39, 0.29) is 5.92 Å². The Hall–Kier alpha value is -1.05. The number of hydrogen-bond donors (Lipinski definition) is 2. The third kappa shape index (κ3) is 3.95. The monoisotopic (exact) mass is 293 g/mol. The predicted molar refractivity (Wildman–Crippen MR) is 67.0 cm³/mol. The van der Waals surface area contributed by atoms with E-state index in [4.69, 9.17) is 0 Å². The molecule has 0 amide bonds. The van der Waals surface area contributed by atoms with Crippen LogP contribution in [-0.4, -0.2) is 26.2 Å². The van der Waals surface area contributed by atoms with E-state index in [1.54, 1.807) is 6.92 Å². The van der Waals surface area contributed by atoms with Crippen LogP contribution in [0.3, 0.4) is 0 Å². The van der Waals surface area contributed by atoms with Gasteiger partial charge in [0.2, 0.25) is 10.0 Å². The van der Waals surface area contributed by atoms with Gasteiger partial charge in [-0.15, -0.1) is 0 Å². The zero-order valence-corrected chi connectivity index (χ0v) is 11.5. The Morgan fingerprint density at radius 3 is 2.47 bits per heavy atom. The lowest BCUT2D eigenvalue weighted by Crippen LogP contribution is -2.42. The molecule has 1 aromatic carbocycles. The molecule has 0 aliphatic heterocycles. The van der Waals surface area contributed by atoms with Gasteiger partial charge in [-0.3, -0.25) is 0 Å². The Kier molecular flexibility index (Phi) is 5.39. The highest BCUT2D eigenvalue weighted by molar-refractivity contribution is 7.89. The smallest absolute Gasteiger partial charge is 0.243 e. The van der Waals surface area contributed by atoms with Crippen molar-refractivity contribution < 1.29 is 22.3 Å². The summed E-state index contributed by atoms with van der Waals surface area (Å²) in [5.74, 6) is -2.12. The zero-order valence-electron chi connectivity index (χ0n) is 10.7. The number of halogens is 2. The molecule has 7 heteroatoms. The molecule has 0 aliphatic carbocycles. The SMILES string of the molecule is CC[C@H](C)[C@@H](CO)NS(=O)(=O)c1ccc(F)cc1F. The van der Waals surface area contributed by atoms with Crippen LogP contribution in [0.1, 0.15) is 20.3 Å². The third-order valence-corrected chi connectivity index (χ3v) is 4.54. The molecule has 0 saturated carbocycles. The van der Waals surface area contributed by atoms with Crippen molar-refractivity contribution in [1.29, 1.82) is 0 Å². The summed E-state index contributed by atoms with van der Waals surface area (Å²) in [4.78, 5) is -0.629. The molecule has 0 saturated heterocycles. The Morgan fingerprint density at radius 1 is 1.37 bits per heavy atom. The normalized spacial score (nSPS) is 15.2. The summed E-state index contributed by atoms with van der Waals surface area (Å²) in [5, 5.41) is 9.17. The molecule has 2 atom stereocenters. The minimum Gasteiger partial charge on any atom is -0.395 e. The fraction of sp³-hybridized carbons (Fsp3) is 0.500. The topological polar surface area (TPSA) is 66.4 Å². The molecule has 0 aliphatic rings. The van der Waals surface area contributed by atoms with Crippen LogP contribution in [-0.2, 0) is 10.0 Å². The summed E-state index contributed by atoms with van der Waals surface area (Å²) in [5.41, 5.74) is 0. The quantitative estimate of drug-likeness (QED) is 0.838. The molecule has 0 bridgehead atoms. The van der Waals surface area contributed by atoms with Gasteiger partial charge in [0.05, 0.1) is 6.61 Å². The van der Waals surface area contributed by atoms with Crippen LogP contribution in [0.4, 0.5) is 8.78 Å². The van der Waals surface area contributed by atoms with Crippen molar-refractivity contribution in [2.24, 2.45) is 5.92 Å². The standard InChI is InChI=1S/C12H17F2NO3S/c1-3-8(2)11(7-16)15-19(17,18)12-5-4-9(13)6-10(12)14/h4-6,8,11,15-16H,3,7H2,1-2H3/t8-,11+/m0/s1. The van der Waals surface area contributed by atoms with Crippen LogP contribution in [0, 0.1) is 17.6 Å². The highest BCUT2D eigenvalue weighted by Gasteiger charge is 2.25. The molecule has 19 heavy (non-hydrogen) atoms. The number of rotatable bonds is 6. The molecule has 2 N–H and O–H groups in total. The van der Waals surface area contributed by atoms with Crippen molar-refractivity contribution in [2.45, 2.75) is 31.2 Å². The average molecular weight is 293 g/mol. The number of hydrogen-bond acceptors (Lipinski definition) is 3. The lowest BCUT2D eigenvalue weighted by Gasteiger charge is -2.22. The van der Waals surface area contributed by atoms with Gasteiger partial charge in [-0.2, -0.15) is 0 Å². The van der Waals surface area contributed by atoms with Crippen molar-refractivity contribution in [2.75, 3.05) is 6.61 Å². The maximum Gasteiger partial charge on any atom is 0.243 e. The summed E-state index contributed by atoms with van der Waals surface area (Å²) < 4.78 is 52.4. The average Bonchev–Trinajstić information content (AvgIpc) is 2.34. The minimum atomic E-state index is -4.13. The Balaban J connectivity index is 3.04. The molecule has 0 fully saturated rings. The first-order valence-electron chi connectivity index (χ1n) is 5.90. The van der Waals surface area contributed by atoms with E-state index in [1.807, 2.05) is 6.92 Å². The second-order valence-corrected chi connectivity index (χ2v) is 6.05. The largest absolute Gasteiger partial charge is 0.395 e. The van der Waals surface area contributed by atoms with Crippen molar-refractivity contribution in [1.82, 2.24) is 4.72 Å². The number of benzene rings is 1. The fourth-order valence-corrected chi connectivity index (χ4v) is 2.97. The van der Waals surface area contributed by atoms with E-state index in [9.17, 15) is 22.3 Å². The van der Waals surface area contributed by atoms with Gasteiger partial charge in [0.15, 0.2) is 0 Å². The molecule has 0 aromatic heterocycles. The van der Waals surface area contributed by atoms with Gasteiger partial charge in [-0.1, -0.05) is 20.3 Å². The van der Waals surface area contributed by atoms with Crippen LogP contribution >= 0.6 is 0 Å². The van der Waals surface area contributed by atoms with Crippen LogP contribution in [0.5, 0.6) is 0 Å². The number of sulfonamides is 1. The summed E-state index contributed by atoms with van der Waals surface area (Å²) in [6.07, 6.45) is 0.652. The Labute approximate surface area is 111 Å². The molecule has 4 nitrogen and oxygen atoms in total. The van der Waals surface area contributed by atoms with Gasteiger partial charge in [-0.25, -0.2) is 21.9 Å². The van der Waals surface area contributed by atoms with Crippen molar-refractivity contribution >= 4 is 10.0 Å². The van der Waals surface area contributed by atoms with E-state index in [0.29, 0.717) is 12.5 Å². The second-order valence-electron chi connectivity index (χ2n) is 4.37. The lowest BCUT2D eigenvalue weighted by atomic mass is 10.0. The van der Waals surface area contributed by atoms with Gasteiger partial charge >= 0.3 is 0 Å². The molecule has 108 valence electrons. The van der Waals surface area contributed by atoms with Crippen LogP contribution in [0.15, 0.2) is 23.1 Å². The fourth-order valence-electron chi connectivity index (χ4n) is 1.57. The molecular weight excluding hydrogens is 276 g/mol. The van der Waals surface area contributed by atoms with E-state index < -0.39 is 39.2 Å². The van der Waals surface area contributed by atoms with E-state index >= 15 is 0 Å². The summed E-state index contributed by atoms with van der Waals surface area (Å²) in [7, 11) is -4.13. The number of aliphatic hydroxyl groups is 1. The van der Waals surface area contributed by atoms with Gasteiger partial charge in [0, 0.05) is 12.1 Å². The molecule has 0 radical (unpaired) electrons. The van der Waals surface area contributed by atoms with Crippen molar-refractivity contribution in [3.05, 3.63) is 29.8 Å². The first-order valence-corrected chi connectivity index (χ1v) is 7.38. The zero-order chi connectivity index (χ0) is 14.6. The third-order valence-electron chi connectivity index (χ3n) is 3.02. The van der Waals surface area contributed by atoms with Gasteiger partial charge in [0.25, 0.3) is 0 Å². The number of aliphatic hydroxyl groups excluding tert-OH is 1. The molecule has 0 spiro atoms. The second kappa shape index (κ2) is 6.40. The maximum atomic E-state index is 13.5. The first kappa shape index (κ1) is 16.0. The first-order chi connectivity index (χ1) is 8.81. The molecule has 1 rings (SSSR count). The predicted octanol–water partition coefficient (Wildman–Crippen LogP) is 1.65. The van der Waals surface area contributed by atoms with Crippen LogP contribution in [0.2, 0.25) is 0 Å². The van der Waals surface area contributed by atoms with Crippen LogP contribution in [0.25, 0.3) is 0 Å². The molecular formula is C12H17F2NO3S. The molecule has 0 heterocycles. The molecule has 0 unspecified atom stereocenters. The Morgan fingerprint density at radius 2 is 2.00 bits per heavy atom. The van der Waals surface area contributed by atoms with E-state index in [2.05, 4.69) is 4.72 Å². The van der Waals surface area contributed by atoms with Gasteiger partial charge in [0.1, 0.15) is 16.5 Å². The van der Waals surface area contributed by atoms with E-state index in [0.717, 1.165) is 12.1 Å². The lowest BCUT2D eigenvalue weighted by molar-refractivity contribution is 0.219. The van der Waals surface area contributed by atoms with Crippen molar-refractivity contribution in [3.8, 4) is 0 Å². The highest BCUT2D eigenvalue weighted by atomic mass is 32.2. The summed E-state index contributed by atoms with van der Waals surface area (Å²) in [6, 6.07) is 1.53. The van der Waals surface area contributed by atoms with Crippen molar-refractivity contribution in [3.63, 3.8) is 0 Å². The van der Waals surface area contributed by atoms with Gasteiger partial charge < -0.3 is 5.11 Å². The molecule has 1 aromatic rings. The highest BCUT2D eigenvalue weighted by Crippen LogP contribution is 2.17. The maximum absolute atomic E-state index is 13.5. The summed E-state index contributed by atoms with van der Waals surface area (Å²) in [6.45, 7) is 3.22. The Bertz CT molecular complexity index is 534. The van der Waals surface area contributed by atoms with Crippen LogP contribution < -0.4 is 4.72 Å². The van der Waals surface area contributed by atoms with E-state index in [1.165, 1.54) is 0 Å².